The number of carbonyl (C=O) groups excluding carboxylic acids is 4. The van der Waals surface area contributed by atoms with Crippen LogP contribution in [0.2, 0.25) is 0 Å². The number of nitrogens with two attached hydrogens (primary N) is 2. The van der Waals surface area contributed by atoms with E-state index in [1.807, 2.05) is 5.32 Å². The molecule has 4 unspecified atom stereocenters. The first kappa shape index (κ1) is 27.5. The SMILES string of the molecule is NC(=O)CCC(NC(=O)C(N)CS)C(=O)NC(CS)C(=O)NC(CC(=O)O)C(=O)O. The Kier molecular flexibility index (Phi) is 12.5. The fraction of sp³-hybridized carbons (Fsp3) is 0.600. The lowest BCUT2D eigenvalue weighted by atomic mass is 10.1. The van der Waals surface area contributed by atoms with Crippen molar-refractivity contribution in [3.05, 3.63) is 0 Å². The Morgan fingerprint density at radius 3 is 1.73 bits per heavy atom. The maximum atomic E-state index is 12.5. The molecule has 30 heavy (non-hydrogen) atoms. The normalized spacial score (nSPS) is 14.5. The van der Waals surface area contributed by atoms with Crippen LogP contribution in [-0.2, 0) is 28.8 Å². The number of carboxylic acids is 2. The van der Waals surface area contributed by atoms with Crippen LogP contribution in [0.15, 0.2) is 0 Å². The fourth-order valence-electron chi connectivity index (χ4n) is 2.03. The first-order chi connectivity index (χ1) is 13.9. The van der Waals surface area contributed by atoms with Crippen molar-refractivity contribution in [3.63, 3.8) is 0 Å². The van der Waals surface area contributed by atoms with Crippen molar-refractivity contribution in [3.8, 4) is 0 Å². The highest BCUT2D eigenvalue weighted by atomic mass is 32.1. The lowest BCUT2D eigenvalue weighted by molar-refractivity contribution is -0.147. The molecule has 4 atom stereocenters. The van der Waals surface area contributed by atoms with Crippen LogP contribution in [0.1, 0.15) is 19.3 Å². The molecule has 0 saturated carbocycles. The van der Waals surface area contributed by atoms with E-state index in [2.05, 4.69) is 35.9 Å². The van der Waals surface area contributed by atoms with Crippen molar-refractivity contribution in [2.24, 2.45) is 11.5 Å². The summed E-state index contributed by atoms with van der Waals surface area (Å²) in [5.41, 5.74) is 10.6. The predicted molar refractivity (Wildman–Crippen MR) is 110 cm³/mol. The zero-order valence-electron chi connectivity index (χ0n) is 15.7. The van der Waals surface area contributed by atoms with E-state index in [-0.39, 0.29) is 24.3 Å². The lowest BCUT2D eigenvalue weighted by Crippen LogP contribution is -2.58. The summed E-state index contributed by atoms with van der Waals surface area (Å²) < 4.78 is 0. The third kappa shape index (κ3) is 10.3. The Bertz CT molecular complexity index is 677. The maximum Gasteiger partial charge on any atom is 0.326 e. The third-order valence-corrected chi connectivity index (χ3v) is 4.41. The molecule has 0 rings (SSSR count). The number of carboxylic acid groups (broad SMARTS) is 2. The largest absolute Gasteiger partial charge is 0.481 e. The molecule has 0 spiro atoms. The van der Waals surface area contributed by atoms with Gasteiger partial charge < -0.3 is 37.6 Å². The van der Waals surface area contributed by atoms with Gasteiger partial charge in [0.2, 0.25) is 23.6 Å². The minimum atomic E-state index is -1.73. The average Bonchev–Trinajstić information content (AvgIpc) is 2.66. The molecule has 0 bridgehead atoms. The standard InChI is InChI=1S/C15H25N5O8S2/c16-6(4-29)12(24)18-7(1-2-10(17)21)13(25)20-9(5-30)14(26)19-8(15(27)28)3-11(22)23/h6-9,29-30H,1-5,16H2,(H2,17,21)(H,18,24)(H,19,26)(H,20,25)(H,22,23)(H,27,28). The van der Waals surface area contributed by atoms with Crippen LogP contribution in [0.4, 0.5) is 0 Å². The first-order valence-electron chi connectivity index (χ1n) is 8.54. The zero-order valence-corrected chi connectivity index (χ0v) is 17.5. The second kappa shape index (κ2) is 13.7. The summed E-state index contributed by atoms with van der Waals surface area (Å²) >= 11 is 7.78. The number of rotatable bonds is 14. The quantitative estimate of drug-likeness (QED) is 0.115. The van der Waals surface area contributed by atoms with E-state index in [1.54, 1.807) is 0 Å². The minimum Gasteiger partial charge on any atom is -0.481 e. The van der Waals surface area contributed by atoms with Crippen LogP contribution >= 0.6 is 25.3 Å². The monoisotopic (exact) mass is 467 g/mol. The van der Waals surface area contributed by atoms with Gasteiger partial charge in [0.1, 0.15) is 18.1 Å². The third-order valence-electron chi connectivity index (χ3n) is 3.65. The van der Waals surface area contributed by atoms with Gasteiger partial charge in [0.15, 0.2) is 0 Å². The van der Waals surface area contributed by atoms with Crippen molar-refractivity contribution in [2.45, 2.75) is 43.4 Å². The molecule has 0 aromatic rings. The molecule has 13 nitrogen and oxygen atoms in total. The number of aliphatic carboxylic acids is 2. The summed E-state index contributed by atoms with van der Waals surface area (Å²) in [6.45, 7) is 0. The molecule has 0 aromatic carbocycles. The van der Waals surface area contributed by atoms with Crippen LogP contribution in [0, 0.1) is 0 Å². The molecule has 15 heteroatoms. The smallest absolute Gasteiger partial charge is 0.326 e. The van der Waals surface area contributed by atoms with E-state index < -0.39 is 66.2 Å². The van der Waals surface area contributed by atoms with Gasteiger partial charge in [-0.1, -0.05) is 0 Å². The molecule has 170 valence electrons. The van der Waals surface area contributed by atoms with E-state index in [0.29, 0.717) is 0 Å². The second-order valence-electron chi connectivity index (χ2n) is 6.10. The molecule has 0 heterocycles. The Labute approximate surface area is 182 Å². The minimum absolute atomic E-state index is 0.0161. The fourth-order valence-corrected chi connectivity index (χ4v) is 2.45. The van der Waals surface area contributed by atoms with Gasteiger partial charge in [-0.25, -0.2) is 4.79 Å². The summed E-state index contributed by atoms with van der Waals surface area (Å²) in [5, 5.41) is 24.3. The van der Waals surface area contributed by atoms with Gasteiger partial charge in [-0.15, -0.1) is 0 Å². The number of amides is 4. The van der Waals surface area contributed by atoms with Crippen LogP contribution in [0.3, 0.4) is 0 Å². The van der Waals surface area contributed by atoms with E-state index in [9.17, 15) is 28.8 Å². The maximum absolute atomic E-state index is 12.5. The molecule has 0 fully saturated rings. The molecule has 0 aliphatic rings. The summed E-state index contributed by atoms with van der Waals surface area (Å²) in [6.07, 6.45) is -1.33. The van der Waals surface area contributed by atoms with Crippen LogP contribution in [-0.4, -0.2) is 81.5 Å². The number of thiol groups is 2. The van der Waals surface area contributed by atoms with Gasteiger partial charge in [-0.2, -0.15) is 25.3 Å². The molecule has 4 amide bonds. The van der Waals surface area contributed by atoms with Gasteiger partial charge in [-0.3, -0.25) is 24.0 Å². The Balaban J connectivity index is 5.26. The number of nitrogens with one attached hydrogen (secondary N) is 3. The van der Waals surface area contributed by atoms with E-state index in [4.69, 9.17) is 21.7 Å². The lowest BCUT2D eigenvalue weighted by Gasteiger charge is -2.24. The highest BCUT2D eigenvalue weighted by Crippen LogP contribution is 2.02. The van der Waals surface area contributed by atoms with Crippen molar-refractivity contribution in [1.82, 2.24) is 16.0 Å². The number of carbonyl (C=O) groups is 6. The van der Waals surface area contributed by atoms with Crippen molar-refractivity contribution in [2.75, 3.05) is 11.5 Å². The summed E-state index contributed by atoms with van der Waals surface area (Å²) in [7, 11) is 0. The van der Waals surface area contributed by atoms with Crippen LogP contribution in [0.5, 0.6) is 0 Å². The van der Waals surface area contributed by atoms with Crippen LogP contribution in [0.25, 0.3) is 0 Å². The molecule has 9 N–H and O–H groups in total. The van der Waals surface area contributed by atoms with Crippen molar-refractivity contribution < 1.29 is 39.0 Å². The zero-order chi connectivity index (χ0) is 23.4. The summed E-state index contributed by atoms with van der Waals surface area (Å²) in [4.78, 5) is 69.5. The predicted octanol–water partition coefficient (Wildman–Crippen LogP) is -3.55. The molecule has 0 saturated heterocycles. The van der Waals surface area contributed by atoms with E-state index in [1.165, 1.54) is 0 Å². The van der Waals surface area contributed by atoms with Crippen molar-refractivity contribution >= 4 is 60.8 Å². The molecule has 0 radical (unpaired) electrons. The number of hydrogen-bond donors (Lipinski definition) is 9. The number of primary amides is 1. The van der Waals surface area contributed by atoms with Gasteiger partial charge in [0.25, 0.3) is 0 Å². The van der Waals surface area contributed by atoms with Crippen molar-refractivity contribution in [1.29, 1.82) is 0 Å². The van der Waals surface area contributed by atoms with Gasteiger partial charge >= 0.3 is 11.9 Å². The topological polar surface area (TPSA) is 231 Å². The van der Waals surface area contributed by atoms with Gasteiger partial charge in [0.05, 0.1) is 12.5 Å². The molecular formula is C15H25N5O8S2. The Hall–Kier alpha value is -2.52. The van der Waals surface area contributed by atoms with E-state index in [0.717, 1.165) is 0 Å². The number of hydrogen-bond acceptors (Lipinski definition) is 9. The first-order valence-corrected chi connectivity index (χ1v) is 9.80. The molecular weight excluding hydrogens is 442 g/mol. The summed E-state index contributed by atoms with van der Waals surface area (Å²) in [6, 6.07) is -5.40. The highest BCUT2D eigenvalue weighted by molar-refractivity contribution is 7.80. The summed E-state index contributed by atoms with van der Waals surface area (Å²) in [5.74, 6) is -6.67. The second-order valence-corrected chi connectivity index (χ2v) is 6.83. The van der Waals surface area contributed by atoms with Gasteiger partial charge in [-0.05, 0) is 6.42 Å². The molecule has 0 aliphatic carbocycles. The molecule has 0 aromatic heterocycles. The Morgan fingerprint density at radius 2 is 1.30 bits per heavy atom. The molecule has 0 aliphatic heterocycles. The Morgan fingerprint density at radius 1 is 0.800 bits per heavy atom. The van der Waals surface area contributed by atoms with Crippen LogP contribution < -0.4 is 27.4 Å². The average molecular weight is 468 g/mol. The van der Waals surface area contributed by atoms with E-state index >= 15 is 0 Å². The highest BCUT2D eigenvalue weighted by Gasteiger charge is 2.30. The van der Waals surface area contributed by atoms with Gasteiger partial charge in [0, 0.05) is 17.9 Å².